The van der Waals surface area contributed by atoms with E-state index < -0.39 is 5.91 Å². The second-order valence-corrected chi connectivity index (χ2v) is 7.19. The first-order valence-electron chi connectivity index (χ1n) is 9.62. The minimum Gasteiger partial charge on any atom is -0.376 e. The standard InChI is InChI=1S/C21H23N5O3/c1-3-8-25-17(22)15(20(27)23-12-14-7-5-10-29-14)11-16-19(25)24-18-13(2)6-4-9-26(18)21(16)28/h3-4,6,9,11,14,22H,1,5,7-8,10,12H2,2H3,(H,23,27). The molecule has 3 aromatic heterocycles. The third-order valence-corrected chi connectivity index (χ3v) is 5.20. The largest absolute Gasteiger partial charge is 0.376 e. The molecule has 0 radical (unpaired) electrons. The Morgan fingerprint density at radius 1 is 1.48 bits per heavy atom. The molecule has 1 amide bonds. The molecule has 29 heavy (non-hydrogen) atoms. The number of allylic oxidation sites excluding steroid dienone is 1. The molecule has 1 fully saturated rings. The summed E-state index contributed by atoms with van der Waals surface area (Å²) < 4.78 is 8.54. The molecule has 0 aliphatic carbocycles. The zero-order valence-electron chi connectivity index (χ0n) is 16.3. The van der Waals surface area contributed by atoms with Crippen molar-refractivity contribution in [3.63, 3.8) is 0 Å². The Morgan fingerprint density at radius 3 is 3.03 bits per heavy atom. The summed E-state index contributed by atoms with van der Waals surface area (Å²) in [4.78, 5) is 30.6. The average molecular weight is 393 g/mol. The average Bonchev–Trinajstić information content (AvgIpc) is 3.23. The van der Waals surface area contributed by atoms with Gasteiger partial charge in [0.25, 0.3) is 11.5 Å². The SMILES string of the molecule is C=CCn1c(=N)c(C(=O)NCC2CCCO2)cc2c(=O)n3cccc(C)c3nc21. The number of pyridine rings is 2. The van der Waals surface area contributed by atoms with Gasteiger partial charge in [0, 0.05) is 25.9 Å². The molecule has 1 unspecified atom stereocenters. The third kappa shape index (κ3) is 3.36. The summed E-state index contributed by atoms with van der Waals surface area (Å²) >= 11 is 0. The van der Waals surface area contributed by atoms with Crippen LogP contribution in [-0.4, -0.2) is 39.1 Å². The van der Waals surface area contributed by atoms with Crippen LogP contribution >= 0.6 is 0 Å². The van der Waals surface area contributed by atoms with Gasteiger partial charge < -0.3 is 14.6 Å². The topological polar surface area (TPSA) is 101 Å². The van der Waals surface area contributed by atoms with E-state index in [0.29, 0.717) is 24.4 Å². The molecule has 8 heteroatoms. The third-order valence-electron chi connectivity index (χ3n) is 5.20. The fourth-order valence-corrected chi connectivity index (χ4v) is 3.68. The second kappa shape index (κ2) is 7.63. The maximum atomic E-state index is 13.1. The van der Waals surface area contributed by atoms with Gasteiger partial charge in [-0.05, 0) is 37.5 Å². The smallest absolute Gasteiger partial charge is 0.267 e. The monoisotopic (exact) mass is 393 g/mol. The van der Waals surface area contributed by atoms with Crippen LogP contribution in [0.1, 0.15) is 28.8 Å². The van der Waals surface area contributed by atoms with Crippen molar-refractivity contribution in [2.45, 2.75) is 32.4 Å². The maximum Gasteiger partial charge on any atom is 0.267 e. The molecular formula is C21H23N5O3. The highest BCUT2D eigenvalue weighted by Gasteiger charge is 2.20. The van der Waals surface area contributed by atoms with Crippen LogP contribution in [0, 0.1) is 12.3 Å². The number of nitrogens with zero attached hydrogens (tertiary/aromatic N) is 3. The Hall–Kier alpha value is -3.26. The summed E-state index contributed by atoms with van der Waals surface area (Å²) in [7, 11) is 0. The van der Waals surface area contributed by atoms with Crippen LogP contribution in [0.4, 0.5) is 0 Å². The predicted molar refractivity (Wildman–Crippen MR) is 109 cm³/mol. The highest BCUT2D eigenvalue weighted by atomic mass is 16.5. The lowest BCUT2D eigenvalue weighted by Crippen LogP contribution is -2.37. The van der Waals surface area contributed by atoms with E-state index in [0.717, 1.165) is 18.4 Å². The first kappa shape index (κ1) is 19.1. The number of fused-ring (bicyclic) bond motifs is 2. The summed E-state index contributed by atoms with van der Waals surface area (Å²) in [5.41, 5.74) is 1.58. The quantitative estimate of drug-likeness (QED) is 0.507. The fourth-order valence-electron chi connectivity index (χ4n) is 3.68. The molecule has 1 saturated heterocycles. The molecular weight excluding hydrogens is 370 g/mol. The van der Waals surface area contributed by atoms with Crippen molar-refractivity contribution in [2.75, 3.05) is 13.2 Å². The van der Waals surface area contributed by atoms with Crippen molar-refractivity contribution in [1.29, 1.82) is 5.41 Å². The van der Waals surface area contributed by atoms with Gasteiger partial charge in [-0.15, -0.1) is 6.58 Å². The van der Waals surface area contributed by atoms with Gasteiger partial charge in [-0.1, -0.05) is 12.1 Å². The van der Waals surface area contributed by atoms with Gasteiger partial charge in [-0.2, -0.15) is 0 Å². The Bertz CT molecular complexity index is 1240. The molecule has 0 aromatic carbocycles. The first-order valence-corrected chi connectivity index (χ1v) is 9.62. The van der Waals surface area contributed by atoms with E-state index in [-0.39, 0.29) is 34.6 Å². The van der Waals surface area contributed by atoms with Gasteiger partial charge in [0.2, 0.25) is 0 Å². The van der Waals surface area contributed by atoms with Crippen molar-refractivity contribution in [3.8, 4) is 0 Å². The summed E-state index contributed by atoms with van der Waals surface area (Å²) in [6.07, 6.45) is 5.15. The lowest BCUT2D eigenvalue weighted by Gasteiger charge is -2.15. The molecule has 150 valence electrons. The van der Waals surface area contributed by atoms with E-state index in [4.69, 9.17) is 10.1 Å². The van der Waals surface area contributed by atoms with Gasteiger partial charge in [-0.25, -0.2) is 4.98 Å². The summed E-state index contributed by atoms with van der Waals surface area (Å²) in [6, 6.07) is 5.12. The van der Waals surface area contributed by atoms with Crippen molar-refractivity contribution >= 4 is 22.6 Å². The van der Waals surface area contributed by atoms with Crippen molar-refractivity contribution < 1.29 is 9.53 Å². The molecule has 1 aliphatic rings. The summed E-state index contributed by atoms with van der Waals surface area (Å²) in [5.74, 6) is -0.404. The number of carbonyl (C=O) groups is 1. The molecule has 4 heterocycles. The Kier molecular flexibility index (Phi) is 5.02. The van der Waals surface area contributed by atoms with Gasteiger partial charge in [0.1, 0.15) is 16.8 Å². The lowest BCUT2D eigenvalue weighted by atomic mass is 10.1. The van der Waals surface area contributed by atoms with Crippen LogP contribution in [0.3, 0.4) is 0 Å². The molecule has 3 aromatic rings. The van der Waals surface area contributed by atoms with Crippen molar-refractivity contribution in [3.05, 3.63) is 64.0 Å². The molecule has 8 nitrogen and oxygen atoms in total. The molecule has 4 rings (SSSR count). The lowest BCUT2D eigenvalue weighted by molar-refractivity contribution is 0.0856. The highest BCUT2D eigenvalue weighted by molar-refractivity contribution is 5.96. The second-order valence-electron chi connectivity index (χ2n) is 7.19. The predicted octanol–water partition coefficient (Wildman–Crippen LogP) is 1.53. The van der Waals surface area contributed by atoms with Crippen LogP contribution in [0.25, 0.3) is 16.7 Å². The van der Waals surface area contributed by atoms with Gasteiger partial charge in [0.15, 0.2) is 0 Å². The molecule has 0 bridgehead atoms. The van der Waals surface area contributed by atoms with E-state index in [2.05, 4.69) is 16.9 Å². The Morgan fingerprint density at radius 2 is 2.31 bits per heavy atom. The number of amides is 1. The Balaban J connectivity index is 1.88. The number of nitrogens with one attached hydrogen (secondary N) is 2. The molecule has 0 saturated carbocycles. The summed E-state index contributed by atoms with van der Waals surface area (Å²) in [6.45, 7) is 6.96. The highest BCUT2D eigenvalue weighted by Crippen LogP contribution is 2.14. The number of hydrogen-bond acceptors (Lipinski definition) is 5. The van der Waals surface area contributed by atoms with Crippen LogP contribution in [0.2, 0.25) is 0 Å². The van der Waals surface area contributed by atoms with Crippen molar-refractivity contribution in [1.82, 2.24) is 19.3 Å². The minimum atomic E-state index is -0.404. The molecule has 1 atom stereocenters. The normalized spacial score (nSPS) is 16.4. The number of carbonyl (C=O) groups excluding carboxylic acids is 1. The van der Waals surface area contributed by atoms with Crippen molar-refractivity contribution in [2.24, 2.45) is 0 Å². The number of aryl methyl sites for hydroxylation is 1. The van der Waals surface area contributed by atoms with E-state index in [9.17, 15) is 9.59 Å². The zero-order valence-corrected chi connectivity index (χ0v) is 16.3. The van der Waals surface area contributed by atoms with E-state index in [1.807, 2.05) is 13.0 Å². The minimum absolute atomic E-state index is 0.00639. The van der Waals surface area contributed by atoms with E-state index in [1.165, 1.54) is 15.0 Å². The number of aromatic nitrogens is 3. The number of hydrogen-bond donors (Lipinski definition) is 2. The van der Waals surface area contributed by atoms with Crippen LogP contribution in [0.5, 0.6) is 0 Å². The van der Waals surface area contributed by atoms with E-state index >= 15 is 0 Å². The van der Waals surface area contributed by atoms with Gasteiger partial charge >= 0.3 is 0 Å². The summed E-state index contributed by atoms with van der Waals surface area (Å²) in [5, 5.41) is 11.7. The number of ether oxygens (including phenoxy) is 1. The van der Waals surface area contributed by atoms with Crippen LogP contribution in [0.15, 0.2) is 41.8 Å². The molecule has 0 spiro atoms. The number of rotatable bonds is 5. The van der Waals surface area contributed by atoms with Gasteiger partial charge in [0.05, 0.1) is 17.1 Å². The van der Waals surface area contributed by atoms with Crippen LogP contribution in [-0.2, 0) is 11.3 Å². The molecule has 2 N–H and O–H groups in total. The molecule has 1 aliphatic heterocycles. The maximum absolute atomic E-state index is 13.1. The first-order chi connectivity index (χ1) is 14.0. The van der Waals surface area contributed by atoms with Gasteiger partial charge in [-0.3, -0.25) is 19.4 Å². The fraction of sp³-hybridized carbons (Fsp3) is 0.333. The zero-order chi connectivity index (χ0) is 20.5. The Labute approximate surface area is 167 Å². The van der Waals surface area contributed by atoms with Crippen LogP contribution < -0.4 is 16.4 Å². The van der Waals surface area contributed by atoms with E-state index in [1.54, 1.807) is 18.3 Å².